The summed E-state index contributed by atoms with van der Waals surface area (Å²) in [7, 11) is 0. The average molecular weight is 213 g/mol. The molecule has 1 rings (SSSR count). The van der Waals surface area contributed by atoms with Gasteiger partial charge in [-0.05, 0) is 25.8 Å². The molecule has 1 aliphatic heterocycles. The first kappa shape index (κ1) is 12.7. The van der Waals surface area contributed by atoms with E-state index in [4.69, 9.17) is 9.47 Å². The summed E-state index contributed by atoms with van der Waals surface area (Å²) >= 11 is 0. The van der Waals surface area contributed by atoms with E-state index in [0.29, 0.717) is 25.9 Å². The van der Waals surface area contributed by atoms with Gasteiger partial charge in [-0.15, -0.1) is 6.58 Å². The third-order valence-electron chi connectivity index (χ3n) is 2.63. The van der Waals surface area contributed by atoms with Crippen LogP contribution in [0.5, 0.6) is 0 Å². The quantitative estimate of drug-likeness (QED) is 0.492. The molecule has 1 heterocycles. The van der Waals surface area contributed by atoms with Crippen molar-refractivity contribution < 1.29 is 9.47 Å². The van der Waals surface area contributed by atoms with Gasteiger partial charge in [0.15, 0.2) is 0 Å². The van der Waals surface area contributed by atoms with Crippen molar-refractivity contribution in [2.24, 2.45) is 0 Å². The third-order valence-corrected chi connectivity index (χ3v) is 2.63. The highest BCUT2D eigenvalue weighted by Gasteiger charge is 2.11. The lowest BCUT2D eigenvalue weighted by molar-refractivity contribution is 0.0535. The molecule has 15 heavy (non-hydrogen) atoms. The molecule has 0 spiro atoms. The van der Waals surface area contributed by atoms with Crippen molar-refractivity contribution in [3.05, 3.63) is 12.7 Å². The highest BCUT2D eigenvalue weighted by molar-refractivity contribution is 4.71. The molecule has 1 N–H and O–H groups in total. The predicted octanol–water partition coefficient (Wildman–Crippen LogP) is 1.74. The van der Waals surface area contributed by atoms with Crippen molar-refractivity contribution in [3.63, 3.8) is 0 Å². The Hall–Kier alpha value is -0.380. The summed E-state index contributed by atoms with van der Waals surface area (Å²) in [5.74, 6) is 0. The standard InChI is InChI=1S/C12H23NO2/c1-2-8-14-10-11-15-9-6-12-5-3-4-7-13-12/h2,12-13H,1,3-11H2/t12-/m0/s1. The Labute approximate surface area is 92.8 Å². The molecule has 3 heteroatoms. The fraction of sp³-hybridized carbons (Fsp3) is 0.833. The summed E-state index contributed by atoms with van der Waals surface area (Å²) in [6, 6.07) is 0.674. The molecule has 0 saturated carbocycles. The van der Waals surface area contributed by atoms with Crippen molar-refractivity contribution in [1.29, 1.82) is 0 Å². The van der Waals surface area contributed by atoms with E-state index in [1.807, 2.05) is 0 Å². The van der Waals surface area contributed by atoms with Crippen LogP contribution < -0.4 is 5.32 Å². The highest BCUT2D eigenvalue weighted by Crippen LogP contribution is 2.09. The second-order valence-corrected chi connectivity index (χ2v) is 3.91. The Morgan fingerprint density at radius 3 is 2.80 bits per heavy atom. The molecule has 0 radical (unpaired) electrons. The lowest BCUT2D eigenvalue weighted by Gasteiger charge is -2.23. The molecule has 0 aromatic carbocycles. The molecule has 0 bridgehead atoms. The lowest BCUT2D eigenvalue weighted by atomic mass is 10.0. The Kier molecular flexibility index (Phi) is 7.52. The molecule has 0 unspecified atom stereocenters. The smallest absolute Gasteiger partial charge is 0.0704 e. The van der Waals surface area contributed by atoms with Crippen LogP contribution in [0.1, 0.15) is 25.7 Å². The van der Waals surface area contributed by atoms with E-state index in [2.05, 4.69) is 11.9 Å². The van der Waals surface area contributed by atoms with Crippen LogP contribution in [0.4, 0.5) is 0 Å². The number of piperidine rings is 1. The fourth-order valence-electron chi connectivity index (χ4n) is 1.78. The van der Waals surface area contributed by atoms with E-state index in [9.17, 15) is 0 Å². The normalized spacial score (nSPS) is 21.5. The van der Waals surface area contributed by atoms with Gasteiger partial charge in [0.25, 0.3) is 0 Å². The summed E-state index contributed by atoms with van der Waals surface area (Å²) in [6.07, 6.45) is 6.87. The number of hydrogen-bond acceptors (Lipinski definition) is 3. The Balaban J connectivity index is 1.81. The van der Waals surface area contributed by atoms with Crippen LogP contribution in [-0.2, 0) is 9.47 Å². The van der Waals surface area contributed by atoms with E-state index in [0.717, 1.165) is 13.0 Å². The van der Waals surface area contributed by atoms with Crippen LogP contribution in [0.25, 0.3) is 0 Å². The van der Waals surface area contributed by atoms with Crippen LogP contribution in [-0.4, -0.2) is 39.0 Å². The molecule has 0 aliphatic carbocycles. The SMILES string of the molecule is C=CCOCCOCC[C@@H]1CCCCN1. The van der Waals surface area contributed by atoms with Crippen LogP contribution in [0, 0.1) is 0 Å². The Morgan fingerprint density at radius 2 is 2.07 bits per heavy atom. The summed E-state index contributed by atoms with van der Waals surface area (Å²) in [4.78, 5) is 0. The minimum absolute atomic E-state index is 0.619. The maximum absolute atomic E-state index is 5.48. The second kappa shape index (κ2) is 8.89. The zero-order valence-electron chi connectivity index (χ0n) is 9.54. The highest BCUT2D eigenvalue weighted by atomic mass is 16.5. The van der Waals surface area contributed by atoms with Crippen molar-refractivity contribution in [1.82, 2.24) is 5.32 Å². The van der Waals surface area contributed by atoms with Crippen molar-refractivity contribution >= 4 is 0 Å². The first-order valence-corrected chi connectivity index (χ1v) is 5.93. The van der Waals surface area contributed by atoms with Crippen molar-refractivity contribution in [2.75, 3.05) is 33.0 Å². The van der Waals surface area contributed by atoms with Gasteiger partial charge in [-0.2, -0.15) is 0 Å². The van der Waals surface area contributed by atoms with Gasteiger partial charge in [0.1, 0.15) is 0 Å². The minimum atomic E-state index is 0.619. The largest absolute Gasteiger partial charge is 0.379 e. The molecule has 0 aromatic heterocycles. The monoisotopic (exact) mass is 213 g/mol. The van der Waals surface area contributed by atoms with Gasteiger partial charge in [0.2, 0.25) is 0 Å². The predicted molar refractivity (Wildman–Crippen MR) is 62.1 cm³/mol. The number of nitrogens with one attached hydrogen (secondary N) is 1. The van der Waals surface area contributed by atoms with Crippen LogP contribution in [0.3, 0.4) is 0 Å². The summed E-state index contributed by atoms with van der Waals surface area (Å²) < 4.78 is 10.7. The molecule has 3 nitrogen and oxygen atoms in total. The first-order chi connectivity index (χ1) is 7.43. The average Bonchev–Trinajstić information content (AvgIpc) is 2.29. The van der Waals surface area contributed by atoms with Crippen LogP contribution in [0.2, 0.25) is 0 Å². The van der Waals surface area contributed by atoms with Crippen molar-refractivity contribution in [3.8, 4) is 0 Å². The number of ether oxygens (including phenoxy) is 2. The van der Waals surface area contributed by atoms with E-state index < -0.39 is 0 Å². The molecule has 1 atom stereocenters. The van der Waals surface area contributed by atoms with Gasteiger partial charge in [0.05, 0.1) is 19.8 Å². The zero-order valence-corrected chi connectivity index (χ0v) is 9.54. The minimum Gasteiger partial charge on any atom is -0.379 e. The molecule has 0 aromatic rings. The van der Waals surface area contributed by atoms with Gasteiger partial charge in [-0.25, -0.2) is 0 Å². The second-order valence-electron chi connectivity index (χ2n) is 3.91. The zero-order chi connectivity index (χ0) is 10.8. The maximum atomic E-state index is 5.48. The lowest BCUT2D eigenvalue weighted by Crippen LogP contribution is -2.34. The summed E-state index contributed by atoms with van der Waals surface area (Å²) in [5.41, 5.74) is 0. The molecular formula is C12H23NO2. The molecule has 1 fully saturated rings. The molecule has 88 valence electrons. The maximum Gasteiger partial charge on any atom is 0.0704 e. The van der Waals surface area contributed by atoms with Gasteiger partial charge in [0, 0.05) is 12.6 Å². The van der Waals surface area contributed by atoms with Gasteiger partial charge >= 0.3 is 0 Å². The number of hydrogen-bond donors (Lipinski definition) is 1. The van der Waals surface area contributed by atoms with Gasteiger partial charge in [-0.1, -0.05) is 12.5 Å². The Bertz CT molecular complexity index is 156. The molecule has 1 aliphatic rings. The first-order valence-electron chi connectivity index (χ1n) is 5.93. The van der Waals surface area contributed by atoms with Gasteiger partial charge in [-0.3, -0.25) is 0 Å². The third kappa shape index (κ3) is 6.66. The van der Waals surface area contributed by atoms with E-state index in [1.54, 1.807) is 6.08 Å². The summed E-state index contributed by atoms with van der Waals surface area (Å²) in [6.45, 7) is 7.58. The molecule has 0 amide bonds. The van der Waals surface area contributed by atoms with E-state index >= 15 is 0 Å². The van der Waals surface area contributed by atoms with Gasteiger partial charge < -0.3 is 14.8 Å². The number of rotatable bonds is 8. The Morgan fingerprint density at radius 1 is 1.20 bits per heavy atom. The summed E-state index contributed by atoms with van der Waals surface area (Å²) in [5, 5.41) is 3.51. The topological polar surface area (TPSA) is 30.5 Å². The molecule has 1 saturated heterocycles. The fourth-order valence-corrected chi connectivity index (χ4v) is 1.78. The van der Waals surface area contributed by atoms with Crippen LogP contribution in [0.15, 0.2) is 12.7 Å². The van der Waals surface area contributed by atoms with Crippen LogP contribution >= 0.6 is 0 Å². The van der Waals surface area contributed by atoms with Crippen molar-refractivity contribution in [2.45, 2.75) is 31.7 Å². The van der Waals surface area contributed by atoms with E-state index in [-0.39, 0.29) is 0 Å². The molecular weight excluding hydrogens is 190 g/mol. The van der Waals surface area contributed by atoms with E-state index in [1.165, 1.54) is 25.8 Å².